The molecule has 21 heavy (non-hydrogen) atoms. The van der Waals surface area contributed by atoms with Crippen LogP contribution in [-0.2, 0) is 6.42 Å². The number of rotatable bonds is 3. The van der Waals surface area contributed by atoms with Gasteiger partial charge in [-0.05, 0) is 42.7 Å². The lowest BCUT2D eigenvalue weighted by molar-refractivity contribution is 0.762. The normalized spacial score (nSPS) is 17.6. The Morgan fingerprint density at radius 2 is 2.05 bits per heavy atom. The Balaban J connectivity index is 1.64. The molecule has 2 aromatic carbocycles. The number of hydrogen-bond donors (Lipinski definition) is 1. The predicted molar refractivity (Wildman–Crippen MR) is 96.3 cm³/mol. The van der Waals surface area contributed by atoms with Gasteiger partial charge in [-0.3, -0.25) is 4.99 Å². The van der Waals surface area contributed by atoms with E-state index in [1.54, 1.807) is 11.8 Å². The van der Waals surface area contributed by atoms with Crippen LogP contribution in [0.5, 0.6) is 0 Å². The first-order chi connectivity index (χ1) is 10.2. The fraction of sp³-hybridized carbons (Fsp3) is 0.235. The third-order valence-electron chi connectivity index (χ3n) is 3.44. The molecule has 0 radical (unpaired) electrons. The Labute approximate surface area is 138 Å². The second-order valence-electron chi connectivity index (χ2n) is 5.18. The summed E-state index contributed by atoms with van der Waals surface area (Å²) in [6, 6.07) is 17.2. The smallest absolute Gasteiger partial charge is 0.161 e. The molecule has 0 saturated heterocycles. The Hall–Kier alpha value is -1.26. The van der Waals surface area contributed by atoms with Gasteiger partial charge in [0.1, 0.15) is 0 Å². The maximum absolute atomic E-state index is 4.79. The molecule has 108 valence electrons. The lowest BCUT2D eigenvalue weighted by Crippen LogP contribution is -2.08. The van der Waals surface area contributed by atoms with E-state index in [0.717, 1.165) is 27.5 Å². The number of amidine groups is 1. The monoisotopic (exact) mass is 360 g/mol. The van der Waals surface area contributed by atoms with Crippen molar-refractivity contribution in [3.05, 3.63) is 64.1 Å². The van der Waals surface area contributed by atoms with Gasteiger partial charge in [-0.2, -0.15) is 0 Å². The highest BCUT2D eigenvalue weighted by Gasteiger charge is 2.18. The third kappa shape index (κ3) is 3.89. The maximum atomic E-state index is 4.79. The molecule has 1 aliphatic heterocycles. The van der Waals surface area contributed by atoms with Crippen molar-refractivity contribution in [1.82, 2.24) is 0 Å². The zero-order valence-corrected chi connectivity index (χ0v) is 14.2. The largest absolute Gasteiger partial charge is 0.335 e. The molecular weight excluding hydrogens is 344 g/mol. The molecule has 2 aromatic rings. The van der Waals surface area contributed by atoms with Gasteiger partial charge in [-0.15, -0.1) is 0 Å². The van der Waals surface area contributed by atoms with Crippen LogP contribution in [0.15, 0.2) is 58.0 Å². The molecule has 1 heterocycles. The van der Waals surface area contributed by atoms with Crippen LogP contribution in [0.3, 0.4) is 0 Å². The third-order valence-corrected chi connectivity index (χ3v) is 5.36. The van der Waals surface area contributed by atoms with E-state index < -0.39 is 0 Å². The second kappa shape index (κ2) is 6.67. The van der Waals surface area contributed by atoms with Gasteiger partial charge in [0, 0.05) is 15.9 Å². The zero-order valence-electron chi connectivity index (χ0n) is 11.8. The minimum Gasteiger partial charge on any atom is -0.335 e. The molecular formula is C17H17BrN2S. The molecule has 0 saturated carbocycles. The molecule has 0 bridgehead atoms. The van der Waals surface area contributed by atoms with E-state index in [4.69, 9.17) is 4.99 Å². The highest BCUT2D eigenvalue weighted by Crippen LogP contribution is 2.25. The lowest BCUT2D eigenvalue weighted by atomic mass is 10.1. The van der Waals surface area contributed by atoms with Gasteiger partial charge in [-0.25, -0.2) is 0 Å². The minimum atomic E-state index is 0.372. The zero-order chi connectivity index (χ0) is 14.7. The Bertz CT molecular complexity index is 655. The summed E-state index contributed by atoms with van der Waals surface area (Å²) in [6.45, 7) is 2.09. The fourth-order valence-corrected chi connectivity index (χ4v) is 3.52. The number of thioether (sulfide) groups is 1. The quantitative estimate of drug-likeness (QED) is 0.842. The molecule has 2 nitrogen and oxygen atoms in total. The molecule has 0 aliphatic carbocycles. The molecule has 1 N–H and O–H groups in total. The van der Waals surface area contributed by atoms with E-state index in [1.807, 2.05) is 0 Å². The number of aryl methyl sites for hydroxylation is 1. The number of aliphatic imine (C=N–C) groups is 1. The number of halogens is 1. The van der Waals surface area contributed by atoms with Crippen LogP contribution < -0.4 is 5.32 Å². The fourth-order valence-electron chi connectivity index (χ4n) is 2.32. The maximum Gasteiger partial charge on any atom is 0.161 e. The number of anilines is 1. The van der Waals surface area contributed by atoms with Gasteiger partial charge >= 0.3 is 0 Å². The van der Waals surface area contributed by atoms with Crippen LogP contribution in [0.25, 0.3) is 0 Å². The van der Waals surface area contributed by atoms with E-state index in [-0.39, 0.29) is 0 Å². The minimum absolute atomic E-state index is 0.372. The van der Waals surface area contributed by atoms with Crippen LogP contribution in [0.4, 0.5) is 5.69 Å². The van der Waals surface area contributed by atoms with Crippen LogP contribution in [0.1, 0.15) is 11.1 Å². The predicted octanol–water partition coefficient (Wildman–Crippen LogP) is 4.88. The van der Waals surface area contributed by atoms with Crippen molar-refractivity contribution in [2.24, 2.45) is 4.99 Å². The molecule has 4 heteroatoms. The van der Waals surface area contributed by atoms with E-state index in [9.17, 15) is 0 Å². The van der Waals surface area contributed by atoms with Crippen LogP contribution in [0.2, 0.25) is 0 Å². The first-order valence-corrected chi connectivity index (χ1v) is 8.76. The highest BCUT2D eigenvalue weighted by atomic mass is 79.9. The number of nitrogens with one attached hydrogen (secondary N) is 1. The standard InChI is InChI=1S/C17H17BrN2S/c1-12-9-14(7-8-16(12)18)19-17-20-15(11-21-17)10-13-5-3-2-4-6-13/h2-9,15H,10-11H2,1H3,(H,19,20). The lowest BCUT2D eigenvalue weighted by Gasteiger charge is -2.07. The summed E-state index contributed by atoms with van der Waals surface area (Å²) in [5, 5.41) is 4.44. The molecule has 0 aromatic heterocycles. The molecule has 0 fully saturated rings. The van der Waals surface area contributed by atoms with E-state index in [0.29, 0.717) is 6.04 Å². The summed E-state index contributed by atoms with van der Waals surface area (Å²) in [4.78, 5) is 4.79. The first kappa shape index (κ1) is 14.7. The van der Waals surface area contributed by atoms with Gasteiger partial charge in [0.2, 0.25) is 0 Å². The summed E-state index contributed by atoms with van der Waals surface area (Å²) in [5.41, 5.74) is 3.68. The summed E-state index contributed by atoms with van der Waals surface area (Å²) >= 11 is 5.33. The molecule has 0 amide bonds. The summed E-state index contributed by atoms with van der Waals surface area (Å²) in [7, 11) is 0. The topological polar surface area (TPSA) is 24.4 Å². The summed E-state index contributed by atoms with van der Waals surface area (Å²) in [5.74, 6) is 1.05. The summed E-state index contributed by atoms with van der Waals surface area (Å²) in [6.07, 6.45) is 1.01. The van der Waals surface area contributed by atoms with E-state index in [2.05, 4.69) is 76.7 Å². The Kier molecular flexibility index (Phi) is 4.66. The van der Waals surface area contributed by atoms with Gasteiger partial charge in [0.05, 0.1) is 6.04 Å². The Morgan fingerprint density at radius 1 is 1.24 bits per heavy atom. The molecule has 1 atom stereocenters. The van der Waals surface area contributed by atoms with Crippen molar-refractivity contribution in [3.8, 4) is 0 Å². The van der Waals surface area contributed by atoms with Gasteiger partial charge < -0.3 is 5.32 Å². The van der Waals surface area contributed by atoms with Gasteiger partial charge in [0.25, 0.3) is 0 Å². The highest BCUT2D eigenvalue weighted by molar-refractivity contribution is 9.10. The van der Waals surface area contributed by atoms with Crippen LogP contribution >= 0.6 is 27.7 Å². The number of hydrogen-bond acceptors (Lipinski definition) is 3. The Morgan fingerprint density at radius 3 is 2.81 bits per heavy atom. The van der Waals surface area contributed by atoms with Crippen molar-refractivity contribution in [3.63, 3.8) is 0 Å². The average molecular weight is 361 g/mol. The van der Waals surface area contributed by atoms with Crippen molar-refractivity contribution >= 4 is 38.5 Å². The molecule has 1 unspecified atom stereocenters. The average Bonchev–Trinajstić information content (AvgIpc) is 2.91. The van der Waals surface area contributed by atoms with E-state index in [1.165, 1.54) is 11.1 Å². The molecule has 0 spiro atoms. The van der Waals surface area contributed by atoms with Crippen LogP contribution in [0, 0.1) is 6.92 Å². The van der Waals surface area contributed by atoms with E-state index >= 15 is 0 Å². The van der Waals surface area contributed by atoms with Gasteiger partial charge in [0.15, 0.2) is 5.17 Å². The van der Waals surface area contributed by atoms with Crippen molar-refractivity contribution in [1.29, 1.82) is 0 Å². The van der Waals surface area contributed by atoms with Crippen molar-refractivity contribution in [2.45, 2.75) is 19.4 Å². The molecule has 1 aliphatic rings. The molecule has 3 rings (SSSR count). The SMILES string of the molecule is Cc1cc(NC2=NC(Cc3ccccc3)CS2)ccc1Br. The second-order valence-corrected chi connectivity index (χ2v) is 7.04. The summed E-state index contributed by atoms with van der Waals surface area (Å²) < 4.78 is 1.14. The van der Waals surface area contributed by atoms with Crippen LogP contribution in [-0.4, -0.2) is 17.0 Å². The first-order valence-electron chi connectivity index (χ1n) is 6.98. The van der Waals surface area contributed by atoms with Crippen molar-refractivity contribution in [2.75, 3.05) is 11.1 Å². The van der Waals surface area contributed by atoms with Crippen molar-refractivity contribution < 1.29 is 0 Å². The van der Waals surface area contributed by atoms with Gasteiger partial charge in [-0.1, -0.05) is 58.0 Å². The number of nitrogens with zero attached hydrogens (tertiary/aromatic N) is 1. The number of benzene rings is 2.